The van der Waals surface area contributed by atoms with Crippen LogP contribution < -0.4 is 5.32 Å². The van der Waals surface area contributed by atoms with Crippen LogP contribution in [0.2, 0.25) is 0 Å². The minimum atomic E-state index is -0.813. The fraction of sp³-hybridized carbons (Fsp3) is 0.429. The van der Waals surface area contributed by atoms with Crippen LogP contribution in [0.1, 0.15) is 38.1 Å². The maximum absolute atomic E-state index is 11.9. The third kappa shape index (κ3) is 5.21. The molecule has 0 aliphatic carbocycles. The Hall–Kier alpha value is -2.44. The zero-order chi connectivity index (χ0) is 16.2. The molecule has 0 bridgehead atoms. The molecule has 0 saturated heterocycles. The van der Waals surface area contributed by atoms with E-state index in [1.165, 1.54) is 31.2 Å². The highest BCUT2D eigenvalue weighted by Crippen LogP contribution is 2.12. The van der Waals surface area contributed by atoms with Crippen LogP contribution in [0.25, 0.3) is 0 Å². The molecular formula is C14H18N2O5. The second-order valence-corrected chi connectivity index (χ2v) is 5.53. The first kappa shape index (κ1) is 16.6. The van der Waals surface area contributed by atoms with Gasteiger partial charge in [0.25, 0.3) is 11.6 Å². The first-order chi connectivity index (χ1) is 9.60. The standard InChI is InChI=1S/C14H18N2O5/c1-9(13(18)21-14(2,3)4)15-12(17)10-5-7-11(8-6-10)16(19)20/h5-9H,1-4H3,(H,15,17). The quantitative estimate of drug-likeness (QED) is 0.520. The summed E-state index contributed by atoms with van der Waals surface area (Å²) in [6, 6.07) is 4.30. The highest BCUT2D eigenvalue weighted by molar-refractivity contribution is 5.96. The van der Waals surface area contributed by atoms with Gasteiger partial charge in [-0.3, -0.25) is 14.9 Å². The molecule has 1 aromatic carbocycles. The van der Waals surface area contributed by atoms with E-state index in [0.717, 1.165) is 0 Å². The monoisotopic (exact) mass is 294 g/mol. The zero-order valence-corrected chi connectivity index (χ0v) is 12.4. The molecule has 114 valence electrons. The van der Waals surface area contributed by atoms with Crippen molar-refractivity contribution >= 4 is 17.6 Å². The Labute approximate surface area is 122 Å². The summed E-state index contributed by atoms with van der Waals surface area (Å²) in [6.07, 6.45) is 0. The number of nitrogens with zero attached hydrogens (tertiary/aromatic N) is 1. The predicted octanol–water partition coefficient (Wildman–Crippen LogP) is 2.05. The third-order valence-corrected chi connectivity index (χ3v) is 2.45. The summed E-state index contributed by atoms with van der Waals surface area (Å²) in [5.41, 5.74) is -0.508. The Bertz CT molecular complexity index is 545. The molecule has 0 aliphatic heterocycles. The van der Waals surface area contributed by atoms with E-state index in [0.29, 0.717) is 0 Å². The number of hydrogen-bond acceptors (Lipinski definition) is 5. The summed E-state index contributed by atoms with van der Waals surface area (Å²) >= 11 is 0. The zero-order valence-electron chi connectivity index (χ0n) is 12.4. The number of amides is 1. The van der Waals surface area contributed by atoms with Gasteiger partial charge in [0.05, 0.1) is 4.92 Å². The molecule has 0 radical (unpaired) electrons. The van der Waals surface area contributed by atoms with Gasteiger partial charge in [-0.25, -0.2) is 4.79 Å². The number of benzene rings is 1. The van der Waals surface area contributed by atoms with Gasteiger partial charge in [0, 0.05) is 17.7 Å². The molecule has 1 amide bonds. The van der Waals surface area contributed by atoms with Crippen LogP contribution in [0.3, 0.4) is 0 Å². The van der Waals surface area contributed by atoms with Gasteiger partial charge in [-0.2, -0.15) is 0 Å². The van der Waals surface area contributed by atoms with Crippen LogP contribution in [-0.2, 0) is 9.53 Å². The van der Waals surface area contributed by atoms with Crippen molar-refractivity contribution in [3.63, 3.8) is 0 Å². The molecule has 0 aromatic heterocycles. The number of non-ortho nitro benzene ring substituents is 1. The molecule has 0 fully saturated rings. The average Bonchev–Trinajstić information content (AvgIpc) is 2.36. The fourth-order valence-electron chi connectivity index (χ4n) is 1.46. The van der Waals surface area contributed by atoms with Crippen molar-refractivity contribution in [2.75, 3.05) is 0 Å². The van der Waals surface area contributed by atoms with Crippen molar-refractivity contribution in [1.29, 1.82) is 0 Å². The van der Waals surface area contributed by atoms with Crippen LogP contribution in [0.15, 0.2) is 24.3 Å². The Morgan fingerprint density at radius 2 is 1.76 bits per heavy atom. The van der Waals surface area contributed by atoms with Crippen LogP contribution in [0, 0.1) is 10.1 Å². The summed E-state index contributed by atoms with van der Waals surface area (Å²) in [4.78, 5) is 33.6. The number of nitro groups is 1. The van der Waals surface area contributed by atoms with Gasteiger partial charge in [0.2, 0.25) is 0 Å². The number of nitro benzene ring substituents is 1. The van der Waals surface area contributed by atoms with E-state index in [1.54, 1.807) is 20.8 Å². The summed E-state index contributed by atoms with van der Waals surface area (Å²) in [5, 5.41) is 13.0. The number of carbonyl (C=O) groups excluding carboxylic acids is 2. The van der Waals surface area contributed by atoms with E-state index in [1.807, 2.05) is 0 Å². The van der Waals surface area contributed by atoms with Crippen molar-refractivity contribution in [1.82, 2.24) is 5.32 Å². The smallest absolute Gasteiger partial charge is 0.328 e. The van der Waals surface area contributed by atoms with Gasteiger partial charge in [-0.05, 0) is 39.8 Å². The van der Waals surface area contributed by atoms with Crippen LogP contribution >= 0.6 is 0 Å². The van der Waals surface area contributed by atoms with Gasteiger partial charge >= 0.3 is 5.97 Å². The van der Waals surface area contributed by atoms with E-state index < -0.39 is 28.4 Å². The van der Waals surface area contributed by atoms with Gasteiger partial charge < -0.3 is 10.1 Å². The minimum Gasteiger partial charge on any atom is -0.458 e. The van der Waals surface area contributed by atoms with E-state index in [-0.39, 0.29) is 11.3 Å². The SMILES string of the molecule is CC(NC(=O)c1ccc([N+](=O)[O-])cc1)C(=O)OC(C)(C)C. The van der Waals surface area contributed by atoms with Gasteiger partial charge in [-0.1, -0.05) is 0 Å². The van der Waals surface area contributed by atoms with E-state index >= 15 is 0 Å². The first-order valence-electron chi connectivity index (χ1n) is 6.38. The minimum absolute atomic E-state index is 0.105. The Kier molecular flexibility index (Phi) is 5.02. The Balaban J connectivity index is 2.68. The van der Waals surface area contributed by atoms with Gasteiger partial charge in [0.1, 0.15) is 11.6 Å². The highest BCUT2D eigenvalue weighted by Gasteiger charge is 2.23. The van der Waals surface area contributed by atoms with Crippen LogP contribution in [0.5, 0.6) is 0 Å². The molecule has 0 saturated carbocycles. The van der Waals surface area contributed by atoms with E-state index in [9.17, 15) is 19.7 Å². The lowest BCUT2D eigenvalue weighted by molar-refractivity contribution is -0.384. The van der Waals surface area contributed by atoms with Crippen molar-refractivity contribution < 1.29 is 19.2 Å². The van der Waals surface area contributed by atoms with Gasteiger partial charge in [0.15, 0.2) is 0 Å². The molecule has 1 unspecified atom stereocenters. The van der Waals surface area contributed by atoms with Crippen molar-refractivity contribution in [2.24, 2.45) is 0 Å². The third-order valence-electron chi connectivity index (χ3n) is 2.45. The number of esters is 1. The number of carbonyl (C=O) groups is 2. The van der Waals surface area contributed by atoms with Crippen LogP contribution in [0.4, 0.5) is 5.69 Å². The Morgan fingerprint density at radius 1 is 1.24 bits per heavy atom. The maximum Gasteiger partial charge on any atom is 0.328 e. The fourth-order valence-corrected chi connectivity index (χ4v) is 1.46. The summed E-state index contributed by atoms with van der Waals surface area (Å²) in [5.74, 6) is -1.04. The summed E-state index contributed by atoms with van der Waals surface area (Å²) in [7, 11) is 0. The second-order valence-electron chi connectivity index (χ2n) is 5.53. The van der Waals surface area contributed by atoms with Crippen LogP contribution in [-0.4, -0.2) is 28.4 Å². The molecule has 1 atom stereocenters. The molecule has 21 heavy (non-hydrogen) atoms. The molecule has 7 nitrogen and oxygen atoms in total. The predicted molar refractivity (Wildman–Crippen MR) is 75.9 cm³/mol. The molecule has 0 spiro atoms. The largest absolute Gasteiger partial charge is 0.458 e. The van der Waals surface area contributed by atoms with Crippen molar-refractivity contribution in [3.8, 4) is 0 Å². The van der Waals surface area contributed by atoms with Crippen molar-refractivity contribution in [2.45, 2.75) is 39.3 Å². The summed E-state index contributed by atoms with van der Waals surface area (Å²) in [6.45, 7) is 6.71. The lowest BCUT2D eigenvalue weighted by Gasteiger charge is -2.22. The number of hydrogen-bond donors (Lipinski definition) is 1. The Morgan fingerprint density at radius 3 is 2.19 bits per heavy atom. The summed E-state index contributed by atoms with van der Waals surface area (Å²) < 4.78 is 5.14. The highest BCUT2D eigenvalue weighted by atomic mass is 16.6. The first-order valence-corrected chi connectivity index (χ1v) is 6.38. The normalized spacial score (nSPS) is 12.4. The second kappa shape index (κ2) is 6.34. The molecular weight excluding hydrogens is 276 g/mol. The topological polar surface area (TPSA) is 98.5 Å². The number of ether oxygens (including phenoxy) is 1. The lowest BCUT2D eigenvalue weighted by Crippen LogP contribution is -2.42. The number of nitrogens with one attached hydrogen (secondary N) is 1. The molecule has 0 heterocycles. The van der Waals surface area contributed by atoms with E-state index in [4.69, 9.17) is 4.74 Å². The molecule has 1 aromatic rings. The molecule has 1 rings (SSSR count). The molecule has 0 aliphatic rings. The average molecular weight is 294 g/mol. The molecule has 1 N–H and O–H groups in total. The van der Waals surface area contributed by atoms with Crippen molar-refractivity contribution in [3.05, 3.63) is 39.9 Å². The maximum atomic E-state index is 11.9. The van der Waals surface area contributed by atoms with E-state index in [2.05, 4.69) is 5.32 Å². The number of rotatable bonds is 4. The lowest BCUT2D eigenvalue weighted by atomic mass is 10.1. The van der Waals surface area contributed by atoms with Gasteiger partial charge in [-0.15, -0.1) is 0 Å². The molecule has 7 heteroatoms.